The fourth-order valence-electron chi connectivity index (χ4n) is 5.05. The van der Waals surface area contributed by atoms with Crippen molar-refractivity contribution in [2.45, 2.75) is 25.7 Å². The highest BCUT2D eigenvalue weighted by Gasteiger charge is 2.44. The van der Waals surface area contributed by atoms with Crippen LogP contribution in [0, 0.1) is 17.8 Å². The summed E-state index contributed by atoms with van der Waals surface area (Å²) >= 11 is 0. The van der Waals surface area contributed by atoms with E-state index in [0.717, 1.165) is 55.7 Å². The molecule has 2 heterocycles. The number of hydrogen-bond donors (Lipinski definition) is 0. The molecular formula is C19H24N2O3. The van der Waals surface area contributed by atoms with Crippen molar-refractivity contribution in [3.63, 3.8) is 0 Å². The molecule has 2 saturated carbocycles. The van der Waals surface area contributed by atoms with Gasteiger partial charge in [0.15, 0.2) is 11.5 Å². The smallest absolute Gasteiger partial charge is 0.231 e. The number of rotatable bonds is 2. The molecule has 1 amide bonds. The average Bonchev–Trinajstić information content (AvgIpc) is 3.36. The lowest BCUT2D eigenvalue weighted by molar-refractivity contribution is -0.137. The summed E-state index contributed by atoms with van der Waals surface area (Å²) < 4.78 is 10.8. The third-order valence-corrected chi connectivity index (χ3v) is 6.37. The van der Waals surface area contributed by atoms with E-state index in [2.05, 4.69) is 21.9 Å². The van der Waals surface area contributed by atoms with Crippen molar-refractivity contribution in [2.24, 2.45) is 17.8 Å². The summed E-state index contributed by atoms with van der Waals surface area (Å²) in [6, 6.07) is 6.11. The van der Waals surface area contributed by atoms with Gasteiger partial charge in [0, 0.05) is 43.9 Å². The van der Waals surface area contributed by atoms with Gasteiger partial charge in [-0.2, -0.15) is 0 Å². The van der Waals surface area contributed by atoms with E-state index in [1.54, 1.807) is 0 Å². The number of amides is 1. The van der Waals surface area contributed by atoms with Gasteiger partial charge >= 0.3 is 0 Å². The number of hydrogen-bond acceptors (Lipinski definition) is 4. The monoisotopic (exact) mass is 328 g/mol. The summed E-state index contributed by atoms with van der Waals surface area (Å²) in [5.74, 6) is 3.90. The van der Waals surface area contributed by atoms with E-state index >= 15 is 0 Å². The first-order valence-corrected chi connectivity index (χ1v) is 9.21. The van der Waals surface area contributed by atoms with Crippen molar-refractivity contribution >= 4 is 11.6 Å². The van der Waals surface area contributed by atoms with E-state index < -0.39 is 0 Å². The number of nitrogens with zero attached hydrogens (tertiary/aromatic N) is 2. The number of piperazine rings is 1. The van der Waals surface area contributed by atoms with Crippen LogP contribution < -0.4 is 14.4 Å². The predicted octanol–water partition coefficient (Wildman–Crippen LogP) is 2.50. The maximum absolute atomic E-state index is 12.9. The van der Waals surface area contributed by atoms with Crippen LogP contribution >= 0.6 is 0 Å². The molecule has 5 nitrogen and oxygen atoms in total. The Balaban J connectivity index is 1.22. The fourth-order valence-corrected chi connectivity index (χ4v) is 5.05. The molecule has 24 heavy (non-hydrogen) atoms. The molecule has 0 radical (unpaired) electrons. The Morgan fingerprint density at radius 2 is 1.83 bits per heavy atom. The Morgan fingerprint density at radius 1 is 1.00 bits per heavy atom. The molecule has 4 aliphatic rings. The molecule has 1 aromatic carbocycles. The quantitative estimate of drug-likeness (QED) is 0.836. The molecule has 2 aliphatic heterocycles. The number of carbonyl (C=O) groups excluding carboxylic acids is 1. The highest BCUT2D eigenvalue weighted by molar-refractivity contribution is 5.80. The SMILES string of the molecule is O=C([C@@H]1C[C@H]2CC[C@H]1C2)N1CCN(c2ccc3c(c2)OCO3)CC1. The summed E-state index contributed by atoms with van der Waals surface area (Å²) in [7, 11) is 0. The third kappa shape index (κ3) is 2.33. The maximum Gasteiger partial charge on any atom is 0.231 e. The Bertz CT molecular complexity index is 654. The fraction of sp³-hybridized carbons (Fsp3) is 0.632. The lowest BCUT2D eigenvalue weighted by Gasteiger charge is -2.38. The summed E-state index contributed by atoms with van der Waals surface area (Å²) in [6.07, 6.45) is 5.07. The zero-order valence-corrected chi connectivity index (χ0v) is 13.9. The van der Waals surface area contributed by atoms with Crippen LogP contribution in [0.1, 0.15) is 25.7 Å². The summed E-state index contributed by atoms with van der Waals surface area (Å²) in [5.41, 5.74) is 1.16. The number of benzene rings is 1. The second-order valence-electron chi connectivity index (χ2n) is 7.63. The van der Waals surface area contributed by atoms with Gasteiger partial charge in [-0.15, -0.1) is 0 Å². The minimum Gasteiger partial charge on any atom is -0.454 e. The Labute approximate surface area is 142 Å². The van der Waals surface area contributed by atoms with Crippen LogP contribution in [0.5, 0.6) is 11.5 Å². The molecule has 128 valence electrons. The Kier molecular flexibility index (Phi) is 3.35. The zero-order valence-electron chi connectivity index (χ0n) is 13.9. The third-order valence-electron chi connectivity index (χ3n) is 6.37. The van der Waals surface area contributed by atoms with Crippen LogP contribution in [0.2, 0.25) is 0 Å². The number of anilines is 1. The Hall–Kier alpha value is -1.91. The number of carbonyl (C=O) groups is 1. The topological polar surface area (TPSA) is 42.0 Å². The van der Waals surface area contributed by atoms with E-state index in [9.17, 15) is 4.79 Å². The average molecular weight is 328 g/mol. The molecule has 3 atom stereocenters. The van der Waals surface area contributed by atoms with E-state index in [1.807, 2.05) is 6.07 Å². The van der Waals surface area contributed by atoms with Gasteiger partial charge < -0.3 is 19.3 Å². The van der Waals surface area contributed by atoms with Gasteiger partial charge in [-0.1, -0.05) is 6.42 Å². The molecular weight excluding hydrogens is 304 g/mol. The molecule has 3 fully saturated rings. The van der Waals surface area contributed by atoms with Gasteiger partial charge in [-0.25, -0.2) is 0 Å². The minimum atomic E-state index is 0.310. The van der Waals surface area contributed by atoms with Gasteiger partial charge in [0.2, 0.25) is 12.7 Å². The van der Waals surface area contributed by atoms with Crippen molar-refractivity contribution in [2.75, 3.05) is 37.9 Å². The summed E-state index contributed by atoms with van der Waals surface area (Å²) in [4.78, 5) is 17.3. The molecule has 0 aromatic heterocycles. The van der Waals surface area contributed by atoms with Crippen LogP contribution in [0.15, 0.2) is 18.2 Å². The maximum atomic E-state index is 12.9. The first kappa shape index (κ1) is 14.4. The number of ether oxygens (including phenoxy) is 2. The highest BCUT2D eigenvalue weighted by atomic mass is 16.7. The molecule has 0 spiro atoms. The lowest BCUT2D eigenvalue weighted by atomic mass is 9.87. The standard InChI is InChI=1S/C19H24N2O3/c22-19(16-10-13-1-2-14(16)9-13)21-7-5-20(6-8-21)15-3-4-17-18(11-15)24-12-23-17/h3-4,11,13-14,16H,1-2,5-10,12H2/t13-,14-,16+/m0/s1. The predicted molar refractivity (Wildman–Crippen MR) is 90.3 cm³/mol. The molecule has 1 saturated heterocycles. The second kappa shape index (κ2) is 5.57. The zero-order chi connectivity index (χ0) is 16.1. The molecule has 2 bridgehead atoms. The van der Waals surface area contributed by atoms with Crippen LogP contribution in [0.4, 0.5) is 5.69 Å². The van der Waals surface area contributed by atoms with E-state index in [4.69, 9.17) is 9.47 Å². The van der Waals surface area contributed by atoms with Crippen molar-refractivity contribution in [1.82, 2.24) is 4.90 Å². The Morgan fingerprint density at radius 3 is 2.58 bits per heavy atom. The molecule has 0 unspecified atom stereocenters. The summed E-state index contributed by atoms with van der Waals surface area (Å²) in [5, 5.41) is 0. The highest BCUT2D eigenvalue weighted by Crippen LogP contribution is 2.49. The van der Waals surface area contributed by atoms with Crippen LogP contribution in [-0.4, -0.2) is 43.8 Å². The van der Waals surface area contributed by atoms with Crippen molar-refractivity contribution < 1.29 is 14.3 Å². The largest absolute Gasteiger partial charge is 0.454 e. The second-order valence-corrected chi connectivity index (χ2v) is 7.63. The van der Waals surface area contributed by atoms with Gasteiger partial charge in [0.25, 0.3) is 0 Å². The molecule has 1 aromatic rings. The van der Waals surface area contributed by atoms with Gasteiger partial charge in [-0.3, -0.25) is 4.79 Å². The molecule has 0 N–H and O–H groups in total. The van der Waals surface area contributed by atoms with Crippen molar-refractivity contribution in [1.29, 1.82) is 0 Å². The van der Waals surface area contributed by atoms with E-state index in [0.29, 0.717) is 24.5 Å². The van der Waals surface area contributed by atoms with Crippen LogP contribution in [-0.2, 0) is 4.79 Å². The first-order chi connectivity index (χ1) is 11.8. The summed E-state index contributed by atoms with van der Waals surface area (Å²) in [6.45, 7) is 3.77. The molecule has 5 rings (SSSR count). The lowest BCUT2D eigenvalue weighted by Crippen LogP contribution is -2.51. The van der Waals surface area contributed by atoms with Crippen LogP contribution in [0.25, 0.3) is 0 Å². The van der Waals surface area contributed by atoms with Crippen molar-refractivity contribution in [3.8, 4) is 11.5 Å². The first-order valence-electron chi connectivity index (χ1n) is 9.21. The normalized spacial score (nSPS) is 30.9. The number of fused-ring (bicyclic) bond motifs is 3. The van der Waals surface area contributed by atoms with Gasteiger partial charge in [0.1, 0.15) is 0 Å². The molecule has 5 heteroatoms. The van der Waals surface area contributed by atoms with Crippen molar-refractivity contribution in [3.05, 3.63) is 18.2 Å². The molecule has 2 aliphatic carbocycles. The van der Waals surface area contributed by atoms with E-state index in [-0.39, 0.29) is 0 Å². The van der Waals surface area contributed by atoms with Gasteiger partial charge in [-0.05, 0) is 43.2 Å². The van der Waals surface area contributed by atoms with Crippen LogP contribution in [0.3, 0.4) is 0 Å². The minimum absolute atomic E-state index is 0.310. The van der Waals surface area contributed by atoms with Gasteiger partial charge in [0.05, 0.1) is 0 Å². The van der Waals surface area contributed by atoms with E-state index in [1.165, 1.54) is 19.3 Å².